The van der Waals surface area contributed by atoms with Crippen molar-refractivity contribution in [1.82, 2.24) is 24.4 Å². The van der Waals surface area contributed by atoms with Crippen LogP contribution in [0.5, 0.6) is 5.75 Å². The van der Waals surface area contributed by atoms with Crippen LogP contribution in [0.3, 0.4) is 0 Å². The predicted molar refractivity (Wildman–Crippen MR) is 110 cm³/mol. The van der Waals surface area contributed by atoms with Gasteiger partial charge in [0.05, 0.1) is 12.4 Å². The number of fused-ring (bicyclic) bond motifs is 2. The molecule has 2 aliphatic heterocycles. The third-order valence-electron chi connectivity index (χ3n) is 6.48. The fourth-order valence-corrected chi connectivity index (χ4v) is 4.43. The molecule has 1 aromatic carbocycles. The number of likely N-dealkylation sites (N-methyl/N-ethyl adjacent to an activating group) is 1. The number of hydrogen-bond acceptors (Lipinski definition) is 7. The minimum atomic E-state index is -0.676. The lowest BCUT2D eigenvalue weighted by molar-refractivity contribution is 0.0579. The van der Waals surface area contributed by atoms with Gasteiger partial charge in [-0.3, -0.25) is 0 Å². The Morgan fingerprint density at radius 2 is 2.03 bits per heavy atom. The molecule has 0 bridgehead atoms. The van der Waals surface area contributed by atoms with E-state index in [0.717, 1.165) is 47.8 Å². The second-order valence-electron chi connectivity index (χ2n) is 8.45. The molecule has 1 fully saturated rings. The number of aromatic nitrogens is 4. The van der Waals surface area contributed by atoms with Crippen molar-refractivity contribution >= 4 is 17.0 Å². The molecule has 29 heavy (non-hydrogen) atoms. The van der Waals surface area contributed by atoms with Crippen molar-refractivity contribution in [3.05, 3.63) is 42.5 Å². The molecule has 2 aliphatic rings. The number of nitrogens with zero attached hydrogens (tertiary/aromatic N) is 6. The monoisotopic (exact) mass is 394 g/mol. The fourth-order valence-electron chi connectivity index (χ4n) is 4.43. The molecule has 152 valence electrons. The van der Waals surface area contributed by atoms with E-state index < -0.39 is 6.10 Å². The summed E-state index contributed by atoms with van der Waals surface area (Å²) in [5.41, 5.74) is 2.54. The van der Waals surface area contributed by atoms with E-state index in [4.69, 9.17) is 4.74 Å². The molecule has 8 nitrogen and oxygen atoms in total. The fraction of sp³-hybridized carbons (Fsp3) is 0.476. The zero-order chi connectivity index (χ0) is 20.2. The molecule has 3 aromatic rings. The maximum absolute atomic E-state index is 10.7. The van der Waals surface area contributed by atoms with E-state index in [2.05, 4.69) is 45.8 Å². The van der Waals surface area contributed by atoms with Crippen LogP contribution in [0.25, 0.3) is 11.2 Å². The van der Waals surface area contributed by atoms with Gasteiger partial charge in [0.2, 0.25) is 0 Å². The summed E-state index contributed by atoms with van der Waals surface area (Å²) in [6.07, 6.45) is 3.75. The number of anilines is 1. The summed E-state index contributed by atoms with van der Waals surface area (Å²) in [5, 5.41) is 10.7. The molecule has 3 atom stereocenters. The number of rotatable bonds is 3. The van der Waals surface area contributed by atoms with Gasteiger partial charge in [0.1, 0.15) is 24.8 Å². The van der Waals surface area contributed by atoms with Crippen molar-refractivity contribution < 1.29 is 9.84 Å². The number of hydrogen-bond donors (Lipinski definition) is 1. The summed E-state index contributed by atoms with van der Waals surface area (Å²) in [6.45, 7) is 4.34. The van der Waals surface area contributed by atoms with Crippen molar-refractivity contribution in [2.24, 2.45) is 0 Å². The van der Waals surface area contributed by atoms with E-state index >= 15 is 0 Å². The number of aliphatic hydroxyl groups is 1. The Kier molecular flexibility index (Phi) is 4.22. The number of para-hydroxylation sites is 1. The molecule has 1 unspecified atom stereocenters. The van der Waals surface area contributed by atoms with E-state index in [1.165, 1.54) is 0 Å². The van der Waals surface area contributed by atoms with Gasteiger partial charge in [-0.1, -0.05) is 18.2 Å². The quantitative estimate of drug-likeness (QED) is 0.724. The molecule has 0 amide bonds. The van der Waals surface area contributed by atoms with Gasteiger partial charge in [-0.15, -0.1) is 0 Å². The Morgan fingerprint density at radius 3 is 2.83 bits per heavy atom. The van der Waals surface area contributed by atoms with E-state index in [0.29, 0.717) is 0 Å². The van der Waals surface area contributed by atoms with Crippen LogP contribution in [0.2, 0.25) is 0 Å². The number of imidazole rings is 1. The molecule has 0 saturated carbocycles. The van der Waals surface area contributed by atoms with Crippen LogP contribution in [0.15, 0.2) is 36.9 Å². The van der Waals surface area contributed by atoms with E-state index in [9.17, 15) is 5.11 Å². The number of aliphatic hydroxyl groups excluding tert-OH is 1. The van der Waals surface area contributed by atoms with Gasteiger partial charge >= 0.3 is 0 Å². The van der Waals surface area contributed by atoms with Crippen molar-refractivity contribution in [2.45, 2.75) is 31.0 Å². The molecular formula is C21H26N6O2. The van der Waals surface area contributed by atoms with E-state index in [1.807, 2.05) is 28.8 Å². The standard InChI is InChI=1S/C21H26N6O2/c1-21(25(2)3)8-9-26(11-21)19-17-20(23-12-22-19)27(13-24-17)18-14-6-4-5-7-16(14)29-10-15(18)28/h4-7,12-13,15,18,28H,8-11H2,1-3H3/t15-,18-,21?/m0/s1. The summed E-state index contributed by atoms with van der Waals surface area (Å²) in [5.74, 6) is 1.65. The van der Waals surface area contributed by atoms with Crippen LogP contribution in [0, 0.1) is 0 Å². The highest BCUT2D eigenvalue weighted by molar-refractivity contribution is 5.83. The molecule has 5 rings (SSSR count). The second-order valence-corrected chi connectivity index (χ2v) is 8.45. The van der Waals surface area contributed by atoms with Crippen LogP contribution < -0.4 is 9.64 Å². The van der Waals surface area contributed by atoms with Crippen LogP contribution in [-0.4, -0.2) is 75.0 Å². The van der Waals surface area contributed by atoms with Gasteiger partial charge in [-0.25, -0.2) is 15.0 Å². The van der Waals surface area contributed by atoms with Crippen molar-refractivity contribution in [3.63, 3.8) is 0 Å². The third kappa shape index (κ3) is 2.86. The number of benzene rings is 1. The van der Waals surface area contributed by atoms with Crippen LogP contribution in [0.4, 0.5) is 5.82 Å². The normalized spacial score (nSPS) is 26.7. The second kappa shape index (κ2) is 6.67. The molecule has 4 heterocycles. The summed E-state index contributed by atoms with van der Waals surface area (Å²) < 4.78 is 7.65. The highest BCUT2D eigenvalue weighted by Gasteiger charge is 2.38. The smallest absolute Gasteiger partial charge is 0.166 e. The van der Waals surface area contributed by atoms with Gasteiger partial charge < -0.3 is 24.2 Å². The first-order chi connectivity index (χ1) is 14.0. The summed E-state index contributed by atoms with van der Waals surface area (Å²) in [7, 11) is 4.25. The molecule has 1 saturated heterocycles. The molecule has 0 spiro atoms. The molecule has 8 heteroatoms. The Hall–Kier alpha value is -2.71. The Labute approximate surface area is 169 Å². The Bertz CT molecular complexity index is 1050. The zero-order valence-electron chi connectivity index (χ0n) is 17.0. The van der Waals surface area contributed by atoms with Gasteiger partial charge in [-0.05, 0) is 33.5 Å². The predicted octanol–water partition coefficient (Wildman–Crippen LogP) is 1.70. The lowest BCUT2D eigenvalue weighted by atomic mass is 9.98. The van der Waals surface area contributed by atoms with Crippen LogP contribution >= 0.6 is 0 Å². The first-order valence-electron chi connectivity index (χ1n) is 9.98. The highest BCUT2D eigenvalue weighted by Crippen LogP contribution is 2.37. The average molecular weight is 394 g/mol. The van der Waals surface area contributed by atoms with Crippen LogP contribution in [0.1, 0.15) is 24.9 Å². The molecule has 0 aliphatic carbocycles. The molecular weight excluding hydrogens is 368 g/mol. The first-order valence-corrected chi connectivity index (χ1v) is 9.98. The maximum Gasteiger partial charge on any atom is 0.166 e. The highest BCUT2D eigenvalue weighted by atomic mass is 16.5. The molecule has 1 N–H and O–H groups in total. The van der Waals surface area contributed by atoms with Gasteiger partial charge in [0.25, 0.3) is 0 Å². The largest absolute Gasteiger partial charge is 0.490 e. The van der Waals surface area contributed by atoms with Crippen molar-refractivity contribution in [1.29, 1.82) is 0 Å². The lowest BCUT2D eigenvalue weighted by Gasteiger charge is -2.32. The summed E-state index contributed by atoms with van der Waals surface area (Å²) >= 11 is 0. The summed E-state index contributed by atoms with van der Waals surface area (Å²) in [6, 6.07) is 7.52. The van der Waals surface area contributed by atoms with E-state index in [1.54, 1.807) is 12.7 Å². The SMILES string of the molecule is CN(C)C1(C)CCN(c2ncnc3c2ncn3[C@H]2c3ccccc3OC[C@@H]2O)C1. The van der Waals surface area contributed by atoms with Gasteiger partial charge in [-0.2, -0.15) is 0 Å². The third-order valence-corrected chi connectivity index (χ3v) is 6.48. The minimum absolute atomic E-state index is 0.107. The zero-order valence-corrected chi connectivity index (χ0v) is 17.0. The molecule has 2 aromatic heterocycles. The minimum Gasteiger partial charge on any atom is -0.490 e. The van der Waals surface area contributed by atoms with Gasteiger partial charge in [0.15, 0.2) is 17.0 Å². The lowest BCUT2D eigenvalue weighted by Crippen LogP contribution is -2.43. The Balaban J connectivity index is 1.57. The topological polar surface area (TPSA) is 79.5 Å². The Morgan fingerprint density at radius 1 is 1.21 bits per heavy atom. The van der Waals surface area contributed by atoms with Crippen molar-refractivity contribution in [2.75, 3.05) is 38.7 Å². The maximum atomic E-state index is 10.7. The first kappa shape index (κ1) is 18.3. The van der Waals surface area contributed by atoms with Gasteiger partial charge in [0, 0.05) is 24.2 Å². The average Bonchev–Trinajstić information content (AvgIpc) is 3.33. The van der Waals surface area contributed by atoms with Crippen molar-refractivity contribution in [3.8, 4) is 5.75 Å². The summed E-state index contributed by atoms with van der Waals surface area (Å²) in [4.78, 5) is 18.3. The van der Waals surface area contributed by atoms with E-state index in [-0.39, 0.29) is 18.2 Å². The van der Waals surface area contributed by atoms with Crippen LogP contribution in [-0.2, 0) is 0 Å². The molecule has 0 radical (unpaired) electrons. The number of ether oxygens (including phenoxy) is 1.